The van der Waals surface area contributed by atoms with Crippen molar-refractivity contribution < 1.29 is 14.3 Å². The predicted molar refractivity (Wildman–Crippen MR) is 155 cm³/mol. The van der Waals surface area contributed by atoms with Gasteiger partial charge in [0.15, 0.2) is 0 Å². The number of pyridine rings is 1. The number of hydrogen-bond acceptors (Lipinski definition) is 4. The lowest BCUT2D eigenvalue weighted by molar-refractivity contribution is -0.117. The summed E-state index contributed by atoms with van der Waals surface area (Å²) in [7, 11) is 1.59. The molecule has 0 aliphatic heterocycles. The van der Waals surface area contributed by atoms with Crippen LogP contribution in [-0.4, -0.2) is 30.5 Å². The molecule has 0 saturated heterocycles. The number of carbonyl (C=O) groups is 2. The first-order valence-corrected chi connectivity index (χ1v) is 12.4. The molecule has 0 unspecified atom stereocenters. The molecular formula is C28H27Cl3N4O3. The fourth-order valence-electron chi connectivity index (χ4n) is 3.71. The topological polar surface area (TPSA) is 83.6 Å². The monoisotopic (exact) mass is 572 g/mol. The molecule has 2 N–H and O–H groups in total. The van der Waals surface area contributed by atoms with E-state index in [1.54, 1.807) is 19.2 Å². The smallest absolute Gasteiger partial charge is 0.315 e. The number of halogens is 3. The first-order chi connectivity index (χ1) is 17.8. The standard InChI is InChI=1S/C28H26Cl2N4O3.ClH/c1-18-11-12-20-9-6-10-24(27(20)33-18)37-17-21-22(29)13-14-23(26(21)30)34(2)25(35)16-32-28(36)31-15-19-7-4-3-5-8-19;/h3-14H,15-17H2,1-2H3,(H2,31,32,36);1H. The summed E-state index contributed by atoms with van der Waals surface area (Å²) >= 11 is 13.1. The lowest BCUT2D eigenvalue weighted by Gasteiger charge is -2.21. The van der Waals surface area contributed by atoms with Crippen molar-refractivity contribution in [1.82, 2.24) is 15.6 Å². The maximum atomic E-state index is 12.8. The third-order valence-corrected chi connectivity index (χ3v) is 6.57. The highest BCUT2D eigenvalue weighted by Crippen LogP contribution is 2.35. The van der Waals surface area contributed by atoms with Crippen molar-refractivity contribution in [1.29, 1.82) is 0 Å². The molecule has 3 amide bonds. The minimum absolute atomic E-state index is 0. The molecule has 0 radical (unpaired) electrons. The van der Waals surface area contributed by atoms with E-state index in [2.05, 4.69) is 15.6 Å². The van der Waals surface area contributed by atoms with Gasteiger partial charge in [-0.2, -0.15) is 0 Å². The van der Waals surface area contributed by atoms with Gasteiger partial charge in [0.25, 0.3) is 0 Å². The van der Waals surface area contributed by atoms with Crippen molar-refractivity contribution in [3.05, 3.63) is 99.7 Å². The summed E-state index contributed by atoms with van der Waals surface area (Å²) < 4.78 is 6.06. The van der Waals surface area contributed by atoms with Crippen LogP contribution in [-0.2, 0) is 17.9 Å². The Labute approximate surface area is 237 Å². The van der Waals surface area contributed by atoms with E-state index >= 15 is 0 Å². The first-order valence-electron chi connectivity index (χ1n) is 11.6. The molecule has 198 valence electrons. The molecule has 0 aliphatic carbocycles. The van der Waals surface area contributed by atoms with Gasteiger partial charge in [-0.25, -0.2) is 9.78 Å². The van der Waals surface area contributed by atoms with Crippen LogP contribution in [0, 0.1) is 6.92 Å². The molecule has 4 aromatic rings. The number of likely N-dealkylation sites (N-methyl/N-ethyl adjacent to an activating group) is 1. The van der Waals surface area contributed by atoms with E-state index < -0.39 is 6.03 Å². The number of amides is 3. The van der Waals surface area contributed by atoms with E-state index in [0.29, 0.717) is 33.6 Å². The quantitative estimate of drug-likeness (QED) is 0.259. The van der Waals surface area contributed by atoms with Gasteiger partial charge < -0.3 is 20.3 Å². The summed E-state index contributed by atoms with van der Waals surface area (Å²) in [6.07, 6.45) is 0. The number of anilines is 1. The van der Waals surface area contributed by atoms with Gasteiger partial charge in [0, 0.05) is 35.3 Å². The van der Waals surface area contributed by atoms with Crippen LogP contribution in [0.1, 0.15) is 16.8 Å². The van der Waals surface area contributed by atoms with Crippen LogP contribution >= 0.6 is 35.6 Å². The number of urea groups is 1. The van der Waals surface area contributed by atoms with Crippen LogP contribution in [0.2, 0.25) is 10.0 Å². The zero-order valence-electron chi connectivity index (χ0n) is 20.8. The highest BCUT2D eigenvalue weighted by Gasteiger charge is 2.19. The summed E-state index contributed by atoms with van der Waals surface area (Å²) in [5, 5.41) is 6.96. The fourth-order valence-corrected chi connectivity index (χ4v) is 4.32. The number of aromatic nitrogens is 1. The van der Waals surface area contributed by atoms with Crippen molar-refractivity contribution in [2.24, 2.45) is 0 Å². The zero-order valence-corrected chi connectivity index (χ0v) is 23.2. The normalized spacial score (nSPS) is 10.4. The Kier molecular flexibility index (Phi) is 10.2. The van der Waals surface area contributed by atoms with Gasteiger partial charge in [-0.1, -0.05) is 71.7 Å². The molecule has 3 aromatic carbocycles. The molecule has 1 aromatic heterocycles. The summed E-state index contributed by atoms with van der Waals surface area (Å²) in [4.78, 5) is 30.9. The van der Waals surface area contributed by atoms with Gasteiger partial charge in [0.05, 0.1) is 17.3 Å². The van der Waals surface area contributed by atoms with Gasteiger partial charge in [-0.3, -0.25) is 4.79 Å². The van der Waals surface area contributed by atoms with Crippen LogP contribution < -0.4 is 20.3 Å². The number of nitrogens with one attached hydrogen (secondary N) is 2. The molecule has 38 heavy (non-hydrogen) atoms. The van der Waals surface area contributed by atoms with Crippen molar-refractivity contribution in [2.45, 2.75) is 20.1 Å². The lowest BCUT2D eigenvalue weighted by atomic mass is 10.1. The molecule has 1 heterocycles. The molecule has 0 spiro atoms. The number of ether oxygens (including phenoxy) is 1. The minimum atomic E-state index is -0.444. The number of nitrogens with zero attached hydrogens (tertiary/aromatic N) is 2. The Bertz CT molecular complexity index is 1430. The molecule has 10 heteroatoms. The van der Waals surface area contributed by atoms with E-state index in [1.807, 2.05) is 67.6 Å². The van der Waals surface area contributed by atoms with Crippen molar-refractivity contribution in [3.63, 3.8) is 0 Å². The second kappa shape index (κ2) is 13.3. The minimum Gasteiger partial charge on any atom is -0.487 e. The predicted octanol–water partition coefficient (Wildman–Crippen LogP) is 6.31. The Balaban J connectivity index is 0.00000400. The molecular weight excluding hydrogens is 547 g/mol. The number of carbonyl (C=O) groups excluding carboxylic acids is 2. The van der Waals surface area contributed by atoms with E-state index in [9.17, 15) is 9.59 Å². The van der Waals surface area contributed by atoms with Gasteiger partial charge in [0.1, 0.15) is 17.9 Å². The number of benzene rings is 3. The first kappa shape index (κ1) is 29.0. The maximum absolute atomic E-state index is 12.8. The Hall–Kier alpha value is -3.52. The van der Waals surface area contributed by atoms with Gasteiger partial charge in [0.2, 0.25) is 5.91 Å². The number of para-hydroxylation sites is 1. The SMILES string of the molecule is Cc1ccc2cccc(OCc3c(Cl)ccc(N(C)C(=O)CNC(=O)NCc4ccccc4)c3Cl)c2n1.Cl. The fraction of sp³-hybridized carbons (Fsp3) is 0.179. The average molecular weight is 574 g/mol. The molecule has 4 rings (SSSR count). The highest BCUT2D eigenvalue weighted by atomic mass is 35.5. The summed E-state index contributed by atoms with van der Waals surface area (Å²) in [5.41, 5.74) is 3.57. The summed E-state index contributed by atoms with van der Waals surface area (Å²) in [6, 6.07) is 22.0. The summed E-state index contributed by atoms with van der Waals surface area (Å²) in [5.74, 6) is 0.258. The van der Waals surface area contributed by atoms with Crippen LogP contribution in [0.25, 0.3) is 10.9 Å². The molecule has 0 saturated carbocycles. The third-order valence-electron chi connectivity index (χ3n) is 5.79. The average Bonchev–Trinajstić information content (AvgIpc) is 2.90. The molecule has 0 fully saturated rings. The van der Waals surface area contributed by atoms with E-state index in [1.165, 1.54) is 4.90 Å². The van der Waals surface area contributed by atoms with Crippen LogP contribution in [0.4, 0.5) is 10.5 Å². The van der Waals surface area contributed by atoms with E-state index in [0.717, 1.165) is 22.2 Å². The highest BCUT2D eigenvalue weighted by molar-refractivity contribution is 6.38. The Morgan fingerprint density at radius 3 is 2.47 bits per heavy atom. The van der Waals surface area contributed by atoms with Crippen molar-refractivity contribution >= 4 is 64.1 Å². The molecule has 7 nitrogen and oxygen atoms in total. The molecule has 0 aliphatic rings. The molecule has 0 bridgehead atoms. The third kappa shape index (κ3) is 7.07. The Morgan fingerprint density at radius 2 is 1.71 bits per heavy atom. The summed E-state index contributed by atoms with van der Waals surface area (Å²) in [6.45, 7) is 2.16. The van der Waals surface area contributed by atoms with Crippen molar-refractivity contribution in [3.8, 4) is 5.75 Å². The Morgan fingerprint density at radius 1 is 0.947 bits per heavy atom. The second-order valence-corrected chi connectivity index (χ2v) is 9.19. The van der Waals surface area contributed by atoms with E-state index in [-0.39, 0.29) is 31.5 Å². The number of rotatable bonds is 8. The number of fused-ring (bicyclic) bond motifs is 1. The van der Waals surface area contributed by atoms with Gasteiger partial charge in [-0.05, 0) is 36.8 Å². The van der Waals surface area contributed by atoms with Gasteiger partial charge >= 0.3 is 6.03 Å². The van der Waals surface area contributed by atoms with Gasteiger partial charge in [-0.15, -0.1) is 12.4 Å². The number of aryl methyl sites for hydroxylation is 1. The lowest BCUT2D eigenvalue weighted by Crippen LogP contribution is -2.42. The maximum Gasteiger partial charge on any atom is 0.315 e. The number of hydrogen-bond donors (Lipinski definition) is 2. The van der Waals surface area contributed by atoms with E-state index in [4.69, 9.17) is 27.9 Å². The van der Waals surface area contributed by atoms with Crippen LogP contribution in [0.5, 0.6) is 5.75 Å². The zero-order chi connectivity index (χ0) is 26.4. The molecule has 0 atom stereocenters. The van der Waals surface area contributed by atoms with Crippen molar-refractivity contribution in [2.75, 3.05) is 18.5 Å². The van der Waals surface area contributed by atoms with Crippen LogP contribution in [0.3, 0.4) is 0 Å². The largest absolute Gasteiger partial charge is 0.487 e. The van der Waals surface area contributed by atoms with Crippen LogP contribution in [0.15, 0.2) is 72.8 Å². The second-order valence-electron chi connectivity index (χ2n) is 8.40.